The summed E-state index contributed by atoms with van der Waals surface area (Å²) in [6.07, 6.45) is 0.322. The number of fused-ring (bicyclic) bond motifs is 1. The summed E-state index contributed by atoms with van der Waals surface area (Å²) in [4.78, 5) is 16.7. The molecular formula is C22H21N5O. The normalized spacial score (nSPS) is 10.9. The van der Waals surface area contributed by atoms with Crippen molar-refractivity contribution in [1.82, 2.24) is 24.9 Å². The zero-order valence-electron chi connectivity index (χ0n) is 15.9. The smallest absolute Gasteiger partial charge is 0.255 e. The number of nitrogens with one attached hydrogen (secondary N) is 1. The van der Waals surface area contributed by atoms with Gasteiger partial charge in [0.25, 0.3) is 5.78 Å². The Labute approximate surface area is 163 Å². The van der Waals surface area contributed by atoms with Crippen molar-refractivity contribution in [1.29, 1.82) is 0 Å². The predicted octanol–water partition coefficient (Wildman–Crippen LogP) is 3.27. The van der Waals surface area contributed by atoms with Crippen LogP contribution < -0.4 is 5.32 Å². The standard InChI is InChI=1S/C22H21N5O/c1-15-12-16(2)27-20(25-26-22(27)24-15)14-23-21(28)13-17-8-10-19(11-9-17)18-6-4-3-5-7-18/h3-12H,13-14H2,1-2H3,(H,23,28). The number of hydrogen-bond donors (Lipinski definition) is 1. The third-order valence-corrected chi connectivity index (χ3v) is 4.63. The largest absolute Gasteiger partial charge is 0.348 e. The Bertz CT molecular complexity index is 1120. The number of rotatable bonds is 5. The van der Waals surface area contributed by atoms with E-state index in [0.717, 1.165) is 28.1 Å². The highest BCUT2D eigenvalue weighted by Gasteiger charge is 2.11. The molecule has 2 heterocycles. The third-order valence-electron chi connectivity index (χ3n) is 4.63. The fourth-order valence-electron chi connectivity index (χ4n) is 3.28. The Morgan fingerprint density at radius 1 is 0.964 bits per heavy atom. The molecule has 0 fully saturated rings. The summed E-state index contributed by atoms with van der Waals surface area (Å²) >= 11 is 0. The molecule has 0 atom stereocenters. The van der Waals surface area contributed by atoms with Crippen LogP contribution in [0.4, 0.5) is 0 Å². The maximum Gasteiger partial charge on any atom is 0.255 e. The lowest BCUT2D eigenvalue weighted by molar-refractivity contribution is -0.120. The first-order valence-electron chi connectivity index (χ1n) is 9.19. The van der Waals surface area contributed by atoms with Gasteiger partial charge in [0.05, 0.1) is 13.0 Å². The minimum absolute atomic E-state index is 0.0538. The monoisotopic (exact) mass is 371 g/mol. The number of carbonyl (C=O) groups is 1. The van der Waals surface area contributed by atoms with Gasteiger partial charge in [-0.3, -0.25) is 9.20 Å². The van der Waals surface area contributed by atoms with Crippen LogP contribution in [0.2, 0.25) is 0 Å². The van der Waals surface area contributed by atoms with E-state index < -0.39 is 0 Å². The fraction of sp³-hybridized carbons (Fsp3) is 0.182. The summed E-state index contributed by atoms with van der Waals surface area (Å²) < 4.78 is 1.86. The van der Waals surface area contributed by atoms with Crippen LogP contribution in [-0.2, 0) is 17.8 Å². The molecule has 0 bridgehead atoms. The Balaban J connectivity index is 1.40. The molecule has 140 valence electrons. The van der Waals surface area contributed by atoms with E-state index in [1.807, 2.05) is 66.8 Å². The lowest BCUT2D eigenvalue weighted by Gasteiger charge is -2.07. The fourth-order valence-corrected chi connectivity index (χ4v) is 3.28. The average Bonchev–Trinajstić information content (AvgIpc) is 3.11. The molecule has 4 aromatic rings. The molecule has 0 aliphatic rings. The molecule has 0 spiro atoms. The highest BCUT2D eigenvalue weighted by Crippen LogP contribution is 2.19. The van der Waals surface area contributed by atoms with E-state index >= 15 is 0 Å². The van der Waals surface area contributed by atoms with Crippen molar-refractivity contribution < 1.29 is 4.79 Å². The van der Waals surface area contributed by atoms with Gasteiger partial charge in [-0.2, -0.15) is 0 Å². The van der Waals surface area contributed by atoms with Gasteiger partial charge in [0.2, 0.25) is 5.91 Å². The molecule has 0 radical (unpaired) electrons. The number of aryl methyl sites for hydroxylation is 2. The second-order valence-corrected chi connectivity index (χ2v) is 6.81. The quantitative estimate of drug-likeness (QED) is 0.584. The van der Waals surface area contributed by atoms with Crippen LogP contribution >= 0.6 is 0 Å². The highest BCUT2D eigenvalue weighted by atomic mass is 16.1. The molecule has 0 unspecified atom stereocenters. The van der Waals surface area contributed by atoms with E-state index in [-0.39, 0.29) is 5.91 Å². The minimum atomic E-state index is -0.0538. The number of nitrogens with zero attached hydrogens (tertiary/aromatic N) is 4. The average molecular weight is 371 g/mol. The first kappa shape index (κ1) is 17.9. The molecule has 6 heteroatoms. The Hall–Kier alpha value is -3.54. The number of aromatic nitrogens is 4. The van der Waals surface area contributed by atoms with E-state index in [2.05, 4.69) is 32.6 Å². The van der Waals surface area contributed by atoms with Gasteiger partial charge in [0.1, 0.15) is 0 Å². The first-order valence-corrected chi connectivity index (χ1v) is 9.19. The van der Waals surface area contributed by atoms with Crippen molar-refractivity contribution in [3.05, 3.63) is 83.4 Å². The van der Waals surface area contributed by atoms with E-state index in [0.29, 0.717) is 24.6 Å². The summed E-state index contributed by atoms with van der Waals surface area (Å²) in [7, 11) is 0. The SMILES string of the molecule is Cc1cc(C)n2c(CNC(=O)Cc3ccc(-c4ccccc4)cc3)nnc2n1. The van der Waals surface area contributed by atoms with Crippen LogP contribution in [0.5, 0.6) is 0 Å². The lowest BCUT2D eigenvalue weighted by Crippen LogP contribution is -2.25. The molecule has 2 aromatic heterocycles. The van der Waals surface area contributed by atoms with Gasteiger partial charge < -0.3 is 5.32 Å². The Kier molecular flexibility index (Phi) is 4.85. The zero-order valence-corrected chi connectivity index (χ0v) is 15.9. The van der Waals surface area contributed by atoms with Crippen LogP contribution in [0.15, 0.2) is 60.7 Å². The molecule has 1 N–H and O–H groups in total. The zero-order chi connectivity index (χ0) is 19.5. The maximum absolute atomic E-state index is 12.4. The molecule has 0 aliphatic heterocycles. The van der Waals surface area contributed by atoms with Crippen molar-refractivity contribution in [3.63, 3.8) is 0 Å². The van der Waals surface area contributed by atoms with Gasteiger partial charge >= 0.3 is 0 Å². The lowest BCUT2D eigenvalue weighted by atomic mass is 10.0. The number of benzene rings is 2. The second-order valence-electron chi connectivity index (χ2n) is 6.81. The van der Waals surface area contributed by atoms with Crippen LogP contribution in [0.3, 0.4) is 0 Å². The Morgan fingerprint density at radius 2 is 1.68 bits per heavy atom. The molecular weight excluding hydrogens is 350 g/mol. The number of hydrogen-bond acceptors (Lipinski definition) is 4. The topological polar surface area (TPSA) is 72.2 Å². The summed E-state index contributed by atoms with van der Waals surface area (Å²) in [5.74, 6) is 1.17. The van der Waals surface area contributed by atoms with Gasteiger partial charge in [0.15, 0.2) is 5.82 Å². The van der Waals surface area contributed by atoms with Gasteiger partial charge in [-0.1, -0.05) is 54.6 Å². The van der Waals surface area contributed by atoms with Crippen LogP contribution in [0.25, 0.3) is 16.9 Å². The number of amides is 1. The molecule has 28 heavy (non-hydrogen) atoms. The van der Waals surface area contributed by atoms with Crippen molar-refractivity contribution >= 4 is 11.7 Å². The molecule has 0 aliphatic carbocycles. The van der Waals surface area contributed by atoms with E-state index in [1.165, 1.54) is 0 Å². The minimum Gasteiger partial charge on any atom is -0.348 e. The van der Waals surface area contributed by atoms with Gasteiger partial charge in [-0.25, -0.2) is 4.98 Å². The van der Waals surface area contributed by atoms with Gasteiger partial charge in [-0.15, -0.1) is 10.2 Å². The molecule has 2 aromatic carbocycles. The summed E-state index contributed by atoms with van der Waals surface area (Å²) in [5.41, 5.74) is 5.16. The Morgan fingerprint density at radius 3 is 2.43 bits per heavy atom. The van der Waals surface area contributed by atoms with Crippen molar-refractivity contribution in [3.8, 4) is 11.1 Å². The first-order chi connectivity index (χ1) is 13.6. The summed E-state index contributed by atoms with van der Waals surface area (Å²) in [6, 6.07) is 20.2. The van der Waals surface area contributed by atoms with E-state index in [9.17, 15) is 4.79 Å². The molecule has 0 saturated carbocycles. The van der Waals surface area contributed by atoms with Gasteiger partial charge in [0, 0.05) is 11.4 Å². The predicted molar refractivity (Wildman–Crippen MR) is 108 cm³/mol. The third kappa shape index (κ3) is 3.76. The number of carbonyl (C=O) groups excluding carboxylic acids is 1. The highest BCUT2D eigenvalue weighted by molar-refractivity contribution is 5.78. The maximum atomic E-state index is 12.4. The molecule has 4 rings (SSSR count). The van der Waals surface area contributed by atoms with Crippen LogP contribution in [0, 0.1) is 13.8 Å². The van der Waals surface area contributed by atoms with Gasteiger partial charge in [-0.05, 0) is 36.6 Å². The van der Waals surface area contributed by atoms with Crippen molar-refractivity contribution in [2.24, 2.45) is 0 Å². The van der Waals surface area contributed by atoms with Crippen molar-refractivity contribution in [2.45, 2.75) is 26.8 Å². The second kappa shape index (κ2) is 7.60. The van der Waals surface area contributed by atoms with Crippen LogP contribution in [-0.4, -0.2) is 25.5 Å². The van der Waals surface area contributed by atoms with E-state index in [4.69, 9.17) is 0 Å². The molecule has 6 nitrogen and oxygen atoms in total. The molecule has 1 amide bonds. The van der Waals surface area contributed by atoms with Crippen LogP contribution in [0.1, 0.15) is 22.8 Å². The molecule has 0 saturated heterocycles. The van der Waals surface area contributed by atoms with Crippen molar-refractivity contribution in [2.75, 3.05) is 0 Å². The summed E-state index contributed by atoms with van der Waals surface area (Å²) in [6.45, 7) is 4.21. The summed E-state index contributed by atoms with van der Waals surface area (Å²) in [5, 5.41) is 11.2. The van der Waals surface area contributed by atoms with E-state index in [1.54, 1.807) is 0 Å².